The van der Waals surface area contributed by atoms with Crippen molar-refractivity contribution in [2.45, 2.75) is 39.2 Å². The lowest BCUT2D eigenvalue weighted by molar-refractivity contribution is 0.0311. The van der Waals surface area contributed by atoms with Crippen LogP contribution < -0.4 is 0 Å². The van der Waals surface area contributed by atoms with E-state index in [1.165, 1.54) is 5.56 Å². The fourth-order valence-corrected chi connectivity index (χ4v) is 2.94. The van der Waals surface area contributed by atoms with Crippen LogP contribution in [0.25, 0.3) is 0 Å². The monoisotopic (exact) mass is 348 g/mol. The Morgan fingerprint density at radius 1 is 1.20 bits per heavy atom. The smallest absolute Gasteiger partial charge is 0.410 e. The fourth-order valence-electron chi connectivity index (χ4n) is 2.94. The van der Waals surface area contributed by atoms with Gasteiger partial charge in [-0.2, -0.15) is 0 Å². The molecular weight excluding hydrogens is 316 g/mol. The molecule has 0 unspecified atom stereocenters. The molecular formula is C20H32N2O3. The van der Waals surface area contributed by atoms with Gasteiger partial charge in [0, 0.05) is 31.7 Å². The number of carbonyl (C=O) groups is 1. The summed E-state index contributed by atoms with van der Waals surface area (Å²) in [6.45, 7) is 11.8. The van der Waals surface area contributed by atoms with Crippen LogP contribution in [0, 0.1) is 0 Å². The van der Waals surface area contributed by atoms with Crippen molar-refractivity contribution in [1.82, 2.24) is 9.80 Å². The number of hydrogen-bond donors (Lipinski definition) is 0. The Kier molecular flexibility index (Phi) is 7.72. The summed E-state index contributed by atoms with van der Waals surface area (Å²) in [5.74, 6) is 0. The number of amides is 1. The van der Waals surface area contributed by atoms with Gasteiger partial charge in [0.25, 0.3) is 0 Å². The maximum Gasteiger partial charge on any atom is 0.410 e. The molecule has 0 atom stereocenters. The van der Waals surface area contributed by atoms with Crippen molar-refractivity contribution in [1.29, 1.82) is 0 Å². The Bertz CT molecular complexity index is 507. The van der Waals surface area contributed by atoms with Gasteiger partial charge in [-0.15, -0.1) is 0 Å². The number of hydrogen-bond acceptors (Lipinski definition) is 4. The van der Waals surface area contributed by atoms with Gasteiger partial charge in [0.05, 0.1) is 19.8 Å². The van der Waals surface area contributed by atoms with Crippen LogP contribution in [0.4, 0.5) is 4.79 Å². The van der Waals surface area contributed by atoms with Crippen molar-refractivity contribution in [2.24, 2.45) is 0 Å². The van der Waals surface area contributed by atoms with Gasteiger partial charge >= 0.3 is 6.09 Å². The molecule has 2 rings (SSSR count). The molecule has 1 aromatic rings. The van der Waals surface area contributed by atoms with Crippen molar-refractivity contribution in [2.75, 3.05) is 46.0 Å². The average molecular weight is 348 g/mol. The van der Waals surface area contributed by atoms with Crippen LogP contribution >= 0.6 is 0 Å². The molecule has 0 saturated carbocycles. The first-order chi connectivity index (χ1) is 12.0. The van der Waals surface area contributed by atoms with Crippen molar-refractivity contribution >= 4 is 6.09 Å². The molecule has 5 heteroatoms. The first-order valence-electron chi connectivity index (χ1n) is 9.25. The normalized spacial score (nSPS) is 15.8. The van der Waals surface area contributed by atoms with Crippen LogP contribution in [0.3, 0.4) is 0 Å². The van der Waals surface area contributed by atoms with E-state index in [9.17, 15) is 4.79 Å². The molecule has 0 aliphatic carbocycles. The standard InChI is InChI=1S/C20H32N2O3/c1-20(2,3)22(12-10-18-8-5-4-6-9-18)19(23)25-15-7-11-21-13-16-24-17-14-21/h4-6,8-9H,7,10-17H2,1-3H3. The number of nitrogens with zero attached hydrogens (tertiary/aromatic N) is 2. The first kappa shape index (κ1) is 19.7. The third-order valence-corrected chi connectivity index (χ3v) is 4.44. The summed E-state index contributed by atoms with van der Waals surface area (Å²) in [4.78, 5) is 16.7. The average Bonchev–Trinajstić information content (AvgIpc) is 2.59. The Morgan fingerprint density at radius 2 is 1.88 bits per heavy atom. The Hall–Kier alpha value is -1.59. The van der Waals surface area contributed by atoms with E-state index in [0.717, 1.165) is 45.7 Å². The molecule has 1 heterocycles. The van der Waals surface area contributed by atoms with Gasteiger partial charge in [0.15, 0.2) is 0 Å². The first-order valence-corrected chi connectivity index (χ1v) is 9.25. The predicted molar refractivity (Wildman–Crippen MR) is 99.8 cm³/mol. The lowest BCUT2D eigenvalue weighted by Crippen LogP contribution is -2.47. The molecule has 1 aromatic carbocycles. The number of rotatable bonds is 7. The highest BCUT2D eigenvalue weighted by Gasteiger charge is 2.27. The molecule has 0 radical (unpaired) electrons. The molecule has 1 aliphatic heterocycles. The van der Waals surface area contributed by atoms with Crippen LogP contribution in [0.15, 0.2) is 30.3 Å². The fraction of sp³-hybridized carbons (Fsp3) is 0.650. The topological polar surface area (TPSA) is 42.0 Å². The summed E-state index contributed by atoms with van der Waals surface area (Å²) < 4.78 is 10.9. The molecule has 1 saturated heterocycles. The van der Waals surface area contributed by atoms with Gasteiger partial charge in [-0.05, 0) is 39.2 Å². The molecule has 1 aliphatic rings. The third-order valence-electron chi connectivity index (χ3n) is 4.44. The zero-order chi connectivity index (χ0) is 18.1. The molecule has 140 valence electrons. The van der Waals surface area contributed by atoms with Gasteiger partial charge < -0.3 is 14.4 Å². The predicted octanol–water partition coefficient (Wildman–Crippen LogP) is 3.19. The maximum absolute atomic E-state index is 12.5. The Morgan fingerprint density at radius 3 is 2.52 bits per heavy atom. The van der Waals surface area contributed by atoms with Crippen LogP contribution in [-0.4, -0.2) is 67.4 Å². The number of benzene rings is 1. The molecule has 0 N–H and O–H groups in total. The maximum atomic E-state index is 12.5. The van der Waals surface area contributed by atoms with Crippen molar-refractivity contribution < 1.29 is 14.3 Å². The number of carbonyl (C=O) groups excluding carboxylic acids is 1. The minimum absolute atomic E-state index is 0.217. The SMILES string of the molecule is CC(C)(C)N(CCc1ccccc1)C(=O)OCCCN1CCOCC1. The molecule has 25 heavy (non-hydrogen) atoms. The van der Waals surface area contributed by atoms with Crippen molar-refractivity contribution in [3.8, 4) is 0 Å². The second-order valence-electron chi connectivity index (χ2n) is 7.48. The van der Waals surface area contributed by atoms with E-state index in [1.807, 2.05) is 43.9 Å². The second-order valence-corrected chi connectivity index (χ2v) is 7.48. The lowest BCUT2D eigenvalue weighted by Gasteiger charge is -2.35. The summed E-state index contributed by atoms with van der Waals surface area (Å²) in [6, 6.07) is 10.2. The van der Waals surface area contributed by atoms with Crippen LogP contribution in [0.2, 0.25) is 0 Å². The Balaban J connectivity index is 1.75. The third kappa shape index (κ3) is 7.04. The van der Waals surface area contributed by atoms with Gasteiger partial charge in [0.1, 0.15) is 0 Å². The van der Waals surface area contributed by atoms with Crippen molar-refractivity contribution in [3.63, 3.8) is 0 Å². The van der Waals surface area contributed by atoms with Gasteiger partial charge in [-0.3, -0.25) is 4.90 Å². The summed E-state index contributed by atoms with van der Waals surface area (Å²) >= 11 is 0. The van der Waals surface area contributed by atoms with E-state index >= 15 is 0 Å². The minimum Gasteiger partial charge on any atom is -0.449 e. The highest BCUT2D eigenvalue weighted by molar-refractivity contribution is 5.68. The minimum atomic E-state index is -0.254. The Labute approximate surface area is 151 Å². The molecule has 1 fully saturated rings. The summed E-state index contributed by atoms with van der Waals surface area (Å²) in [5, 5.41) is 0. The van der Waals surface area contributed by atoms with Gasteiger partial charge in [-0.1, -0.05) is 30.3 Å². The van der Waals surface area contributed by atoms with E-state index in [-0.39, 0.29) is 11.6 Å². The highest BCUT2D eigenvalue weighted by atomic mass is 16.6. The van der Waals surface area contributed by atoms with Crippen LogP contribution in [0.5, 0.6) is 0 Å². The largest absolute Gasteiger partial charge is 0.449 e. The van der Waals surface area contributed by atoms with Gasteiger partial charge in [0.2, 0.25) is 0 Å². The van der Waals surface area contributed by atoms with E-state index in [0.29, 0.717) is 13.2 Å². The molecule has 0 bridgehead atoms. The van der Waals surface area contributed by atoms with E-state index in [4.69, 9.17) is 9.47 Å². The van der Waals surface area contributed by atoms with Crippen LogP contribution in [-0.2, 0) is 15.9 Å². The van der Waals surface area contributed by atoms with E-state index < -0.39 is 0 Å². The van der Waals surface area contributed by atoms with E-state index in [2.05, 4.69) is 17.0 Å². The molecule has 0 aromatic heterocycles. The summed E-state index contributed by atoms with van der Waals surface area (Å²) in [6.07, 6.45) is 1.48. The second kappa shape index (κ2) is 9.78. The molecule has 1 amide bonds. The molecule has 0 spiro atoms. The quantitative estimate of drug-likeness (QED) is 0.710. The van der Waals surface area contributed by atoms with E-state index in [1.54, 1.807) is 0 Å². The zero-order valence-electron chi connectivity index (χ0n) is 15.9. The summed E-state index contributed by atoms with van der Waals surface area (Å²) in [5.41, 5.74) is 0.979. The zero-order valence-corrected chi connectivity index (χ0v) is 15.9. The summed E-state index contributed by atoms with van der Waals surface area (Å²) in [7, 11) is 0. The number of morpholine rings is 1. The van der Waals surface area contributed by atoms with Crippen molar-refractivity contribution in [3.05, 3.63) is 35.9 Å². The highest BCUT2D eigenvalue weighted by Crippen LogP contribution is 2.16. The lowest BCUT2D eigenvalue weighted by atomic mass is 10.1. The molecule has 5 nitrogen and oxygen atoms in total. The number of ether oxygens (including phenoxy) is 2. The van der Waals surface area contributed by atoms with Crippen LogP contribution in [0.1, 0.15) is 32.8 Å². The van der Waals surface area contributed by atoms with Gasteiger partial charge in [-0.25, -0.2) is 4.79 Å².